The summed E-state index contributed by atoms with van der Waals surface area (Å²) in [5.74, 6) is -0.579. The Balaban J connectivity index is 1.58. The molecule has 0 bridgehead atoms. The van der Waals surface area contributed by atoms with Crippen LogP contribution < -0.4 is 5.32 Å². The molecule has 38 heavy (non-hydrogen) atoms. The number of halogens is 1. The number of ether oxygens (including phenoxy) is 1. The van der Waals surface area contributed by atoms with Gasteiger partial charge in [0, 0.05) is 32.3 Å². The monoisotopic (exact) mass is 543 g/mol. The lowest BCUT2D eigenvalue weighted by Gasteiger charge is -2.28. The van der Waals surface area contributed by atoms with Gasteiger partial charge >= 0.3 is 0 Å². The average Bonchev–Trinajstić information content (AvgIpc) is 3.59. The van der Waals surface area contributed by atoms with E-state index in [-0.39, 0.29) is 36.5 Å². The first kappa shape index (κ1) is 27.5. The molecule has 1 aliphatic rings. The highest BCUT2D eigenvalue weighted by Crippen LogP contribution is 2.23. The number of furan rings is 1. The lowest BCUT2D eigenvalue weighted by atomic mass is 10.2. The number of amides is 2. The van der Waals surface area contributed by atoms with Gasteiger partial charge in [-0.3, -0.25) is 9.59 Å². The SMILES string of the molecule is CC(=O)Nc1ccc(S(=O)(=O)N(CC(=O)N(Cc2ccc(F)cc2)Cc2ccco2)CC2CCCO2)cc1. The summed E-state index contributed by atoms with van der Waals surface area (Å²) in [6.45, 7) is 1.75. The van der Waals surface area contributed by atoms with Crippen LogP contribution >= 0.6 is 0 Å². The van der Waals surface area contributed by atoms with Crippen LogP contribution in [0, 0.1) is 5.82 Å². The topological polar surface area (TPSA) is 109 Å². The third-order valence-electron chi connectivity index (χ3n) is 6.12. The Bertz CT molecular complexity index is 1320. The summed E-state index contributed by atoms with van der Waals surface area (Å²) < 4.78 is 53.0. The molecule has 2 aromatic carbocycles. The van der Waals surface area contributed by atoms with Gasteiger partial charge in [0.15, 0.2) is 0 Å². The van der Waals surface area contributed by atoms with Crippen molar-refractivity contribution in [3.63, 3.8) is 0 Å². The fourth-order valence-electron chi connectivity index (χ4n) is 4.21. The van der Waals surface area contributed by atoms with Crippen LogP contribution in [0.1, 0.15) is 31.1 Å². The number of nitrogens with one attached hydrogen (secondary N) is 1. The fourth-order valence-corrected chi connectivity index (χ4v) is 5.63. The first-order chi connectivity index (χ1) is 18.2. The molecule has 1 aliphatic heterocycles. The van der Waals surface area contributed by atoms with Gasteiger partial charge in [-0.15, -0.1) is 0 Å². The summed E-state index contributed by atoms with van der Waals surface area (Å²) in [6.07, 6.45) is 2.67. The molecular weight excluding hydrogens is 513 g/mol. The van der Waals surface area contributed by atoms with Crippen LogP contribution in [0.15, 0.2) is 76.2 Å². The van der Waals surface area contributed by atoms with Crippen LogP contribution in [0.5, 0.6) is 0 Å². The Labute approximate surface area is 221 Å². The van der Waals surface area contributed by atoms with Crippen molar-refractivity contribution in [3.8, 4) is 0 Å². The molecule has 1 atom stereocenters. The first-order valence-corrected chi connectivity index (χ1v) is 13.7. The number of carbonyl (C=O) groups excluding carboxylic acids is 2. The van der Waals surface area contributed by atoms with Crippen molar-refractivity contribution in [2.45, 2.75) is 43.9 Å². The van der Waals surface area contributed by atoms with E-state index in [4.69, 9.17) is 9.15 Å². The van der Waals surface area contributed by atoms with Crippen LogP contribution in [0.4, 0.5) is 10.1 Å². The second-order valence-corrected chi connectivity index (χ2v) is 11.0. The Hall–Kier alpha value is -3.54. The maximum Gasteiger partial charge on any atom is 0.243 e. The number of nitrogens with zero attached hydrogens (tertiary/aromatic N) is 2. The molecule has 0 saturated carbocycles. The molecule has 1 saturated heterocycles. The van der Waals surface area contributed by atoms with Gasteiger partial charge in [0.1, 0.15) is 11.6 Å². The zero-order valence-electron chi connectivity index (χ0n) is 21.0. The van der Waals surface area contributed by atoms with Gasteiger partial charge in [0.2, 0.25) is 21.8 Å². The van der Waals surface area contributed by atoms with E-state index in [2.05, 4.69) is 5.32 Å². The maximum atomic E-state index is 13.7. The van der Waals surface area contributed by atoms with E-state index in [1.807, 2.05) is 0 Å². The van der Waals surface area contributed by atoms with E-state index in [9.17, 15) is 22.4 Å². The average molecular weight is 544 g/mol. The normalized spacial score (nSPS) is 15.5. The number of benzene rings is 2. The summed E-state index contributed by atoms with van der Waals surface area (Å²) in [6, 6.07) is 15.0. The molecule has 3 aromatic rings. The summed E-state index contributed by atoms with van der Waals surface area (Å²) in [4.78, 5) is 26.4. The number of carbonyl (C=O) groups is 2. The molecular formula is C27H30FN3O6S. The molecule has 1 N–H and O–H groups in total. The minimum absolute atomic E-state index is 0.00600. The summed E-state index contributed by atoms with van der Waals surface area (Å²) in [5.41, 5.74) is 1.15. The van der Waals surface area contributed by atoms with Crippen LogP contribution in [0.2, 0.25) is 0 Å². The maximum absolute atomic E-state index is 13.7. The van der Waals surface area contributed by atoms with Gasteiger partial charge in [-0.2, -0.15) is 4.31 Å². The van der Waals surface area contributed by atoms with E-state index >= 15 is 0 Å². The van der Waals surface area contributed by atoms with Crippen molar-refractivity contribution in [3.05, 3.63) is 84.1 Å². The van der Waals surface area contributed by atoms with Gasteiger partial charge in [-0.05, 0) is 66.9 Å². The molecule has 9 nitrogen and oxygen atoms in total. The molecule has 4 rings (SSSR count). The van der Waals surface area contributed by atoms with E-state index in [0.29, 0.717) is 30.0 Å². The molecule has 0 spiro atoms. The Morgan fingerprint density at radius 1 is 1.05 bits per heavy atom. The van der Waals surface area contributed by atoms with E-state index < -0.39 is 28.3 Å². The smallest absolute Gasteiger partial charge is 0.243 e. The molecule has 1 fully saturated rings. The largest absolute Gasteiger partial charge is 0.467 e. The lowest BCUT2D eigenvalue weighted by Crippen LogP contribution is -2.45. The molecule has 202 valence electrons. The van der Waals surface area contributed by atoms with Crippen LogP contribution in [-0.4, -0.2) is 55.2 Å². The first-order valence-electron chi connectivity index (χ1n) is 12.2. The molecule has 1 unspecified atom stereocenters. The standard InChI is InChI=1S/C27H30FN3O6S/c1-20(32)29-23-10-12-26(13-11-23)38(34,35)31(18-25-5-3-15-37-25)19-27(33)30(17-24-4-2-14-36-24)16-21-6-8-22(28)9-7-21/h2,4,6-14,25H,3,5,15-19H2,1H3,(H,29,32). The summed E-state index contributed by atoms with van der Waals surface area (Å²) in [7, 11) is -4.08. The van der Waals surface area contributed by atoms with Crippen molar-refractivity contribution >= 4 is 27.5 Å². The Morgan fingerprint density at radius 2 is 1.79 bits per heavy atom. The summed E-state index contributed by atoms with van der Waals surface area (Å²) in [5, 5.41) is 2.61. The van der Waals surface area contributed by atoms with Crippen molar-refractivity contribution in [2.24, 2.45) is 0 Å². The molecule has 0 radical (unpaired) electrons. The second kappa shape index (κ2) is 12.3. The number of hydrogen-bond donors (Lipinski definition) is 1. The summed E-state index contributed by atoms with van der Waals surface area (Å²) >= 11 is 0. The van der Waals surface area contributed by atoms with Gasteiger partial charge in [-0.1, -0.05) is 12.1 Å². The number of hydrogen-bond acceptors (Lipinski definition) is 6. The van der Waals surface area contributed by atoms with Crippen LogP contribution in [-0.2, 0) is 37.4 Å². The van der Waals surface area contributed by atoms with E-state index in [1.165, 1.54) is 54.5 Å². The Kier molecular flexibility index (Phi) is 8.93. The highest BCUT2D eigenvalue weighted by Gasteiger charge is 2.32. The predicted molar refractivity (Wildman–Crippen MR) is 138 cm³/mol. The van der Waals surface area contributed by atoms with E-state index in [1.54, 1.807) is 24.3 Å². The van der Waals surface area contributed by atoms with Crippen LogP contribution in [0.3, 0.4) is 0 Å². The van der Waals surface area contributed by atoms with Crippen molar-refractivity contribution in [1.29, 1.82) is 0 Å². The molecule has 2 heterocycles. The fraction of sp³-hybridized carbons (Fsp3) is 0.333. The third-order valence-corrected chi connectivity index (χ3v) is 7.95. The zero-order valence-corrected chi connectivity index (χ0v) is 21.8. The molecule has 11 heteroatoms. The van der Waals surface area contributed by atoms with Crippen molar-refractivity contribution < 1.29 is 31.6 Å². The third kappa shape index (κ3) is 7.27. The van der Waals surface area contributed by atoms with Gasteiger partial charge in [0.05, 0.1) is 30.4 Å². The van der Waals surface area contributed by atoms with Crippen molar-refractivity contribution in [1.82, 2.24) is 9.21 Å². The highest BCUT2D eigenvalue weighted by molar-refractivity contribution is 7.89. The minimum Gasteiger partial charge on any atom is -0.467 e. The number of sulfonamides is 1. The minimum atomic E-state index is -4.08. The lowest BCUT2D eigenvalue weighted by molar-refractivity contribution is -0.133. The quantitative estimate of drug-likeness (QED) is 0.394. The van der Waals surface area contributed by atoms with Gasteiger partial charge in [0.25, 0.3) is 0 Å². The number of anilines is 1. The van der Waals surface area contributed by atoms with E-state index in [0.717, 1.165) is 10.7 Å². The predicted octanol–water partition coefficient (Wildman–Crippen LogP) is 3.78. The van der Waals surface area contributed by atoms with Crippen molar-refractivity contribution in [2.75, 3.05) is 25.0 Å². The van der Waals surface area contributed by atoms with Gasteiger partial charge < -0.3 is 19.4 Å². The number of rotatable bonds is 11. The van der Waals surface area contributed by atoms with Crippen LogP contribution in [0.25, 0.3) is 0 Å². The zero-order chi connectivity index (χ0) is 27.1. The molecule has 1 aromatic heterocycles. The Morgan fingerprint density at radius 3 is 2.39 bits per heavy atom. The second-order valence-electron chi connectivity index (χ2n) is 9.09. The van der Waals surface area contributed by atoms with Gasteiger partial charge in [-0.25, -0.2) is 12.8 Å². The molecule has 2 amide bonds. The highest BCUT2D eigenvalue weighted by atomic mass is 32.2. The molecule has 0 aliphatic carbocycles.